The number of nitrogens with one attached hydrogen (secondary N) is 1. The Morgan fingerprint density at radius 3 is 2.16 bits per heavy atom. The number of ether oxygens (including phenoxy) is 1. The first-order valence-corrected chi connectivity index (χ1v) is 14.1. The van der Waals surface area contributed by atoms with Crippen molar-refractivity contribution in [2.45, 2.75) is 32.4 Å². The van der Waals surface area contributed by atoms with Gasteiger partial charge < -0.3 is 15.0 Å². The standard InChI is InChI=1S/C35H31F3N2O5/c1-22(41)24-16-18-26(19-17-24)45-31(42)14-7-9-23-15-20-30(28(21-23)34(44)40(2)3)39-33(43)32-27(25-10-5-4-6-11-25)12-8-13-29(32)35(36,37)38/h4-6,8,10-13,15-21H,7,9,14H2,1-3H3,(H,39,43). The number of carbonyl (C=O) groups is 4. The van der Waals surface area contributed by atoms with E-state index >= 15 is 0 Å². The van der Waals surface area contributed by atoms with Crippen molar-refractivity contribution in [3.63, 3.8) is 0 Å². The van der Waals surface area contributed by atoms with Gasteiger partial charge in [0.15, 0.2) is 5.78 Å². The molecule has 0 aromatic heterocycles. The molecule has 2 amide bonds. The number of halogens is 3. The average molecular weight is 617 g/mol. The summed E-state index contributed by atoms with van der Waals surface area (Å²) in [6.45, 7) is 1.44. The Kier molecular flexibility index (Phi) is 10.2. The minimum absolute atomic E-state index is 0.0480. The van der Waals surface area contributed by atoms with E-state index in [-0.39, 0.29) is 29.0 Å². The minimum Gasteiger partial charge on any atom is -0.427 e. The molecule has 0 bridgehead atoms. The number of carbonyl (C=O) groups excluding carboxylic acids is 4. The normalized spacial score (nSPS) is 11.1. The van der Waals surface area contributed by atoms with E-state index in [1.54, 1.807) is 54.6 Å². The number of aryl methyl sites for hydroxylation is 1. The van der Waals surface area contributed by atoms with Crippen LogP contribution in [0.1, 0.15) is 62.0 Å². The van der Waals surface area contributed by atoms with E-state index < -0.39 is 35.1 Å². The third kappa shape index (κ3) is 8.23. The van der Waals surface area contributed by atoms with E-state index in [0.29, 0.717) is 35.3 Å². The van der Waals surface area contributed by atoms with Crippen LogP contribution in [0.4, 0.5) is 18.9 Å². The van der Waals surface area contributed by atoms with E-state index in [2.05, 4.69) is 5.32 Å². The molecule has 0 spiro atoms. The summed E-state index contributed by atoms with van der Waals surface area (Å²) in [5.41, 5.74) is 0.188. The van der Waals surface area contributed by atoms with E-state index in [9.17, 15) is 32.3 Å². The van der Waals surface area contributed by atoms with E-state index in [4.69, 9.17) is 4.74 Å². The molecule has 0 atom stereocenters. The van der Waals surface area contributed by atoms with Crippen molar-refractivity contribution in [1.29, 1.82) is 0 Å². The van der Waals surface area contributed by atoms with Crippen molar-refractivity contribution in [3.8, 4) is 16.9 Å². The van der Waals surface area contributed by atoms with Crippen molar-refractivity contribution < 1.29 is 37.1 Å². The maximum absolute atomic E-state index is 14.1. The van der Waals surface area contributed by atoms with Crippen LogP contribution in [-0.2, 0) is 17.4 Å². The van der Waals surface area contributed by atoms with Crippen LogP contribution >= 0.6 is 0 Å². The molecule has 4 aromatic rings. The highest BCUT2D eigenvalue weighted by atomic mass is 19.4. The molecule has 45 heavy (non-hydrogen) atoms. The van der Waals surface area contributed by atoms with Gasteiger partial charge in [0.25, 0.3) is 11.8 Å². The number of esters is 1. The Bertz CT molecular complexity index is 1720. The van der Waals surface area contributed by atoms with Crippen LogP contribution in [-0.4, -0.2) is 42.6 Å². The van der Waals surface area contributed by atoms with Gasteiger partial charge in [0.1, 0.15) is 5.75 Å². The van der Waals surface area contributed by atoms with Crippen LogP contribution in [0, 0.1) is 0 Å². The summed E-state index contributed by atoms with van der Waals surface area (Å²) in [5.74, 6) is -1.74. The van der Waals surface area contributed by atoms with Crippen LogP contribution in [0.5, 0.6) is 5.75 Å². The van der Waals surface area contributed by atoms with E-state index in [1.807, 2.05) is 0 Å². The number of anilines is 1. The summed E-state index contributed by atoms with van der Waals surface area (Å²) in [6, 6.07) is 22.7. The summed E-state index contributed by atoms with van der Waals surface area (Å²) in [7, 11) is 3.04. The average Bonchev–Trinajstić information content (AvgIpc) is 3.01. The van der Waals surface area contributed by atoms with E-state index in [1.165, 1.54) is 56.3 Å². The molecule has 0 saturated heterocycles. The molecule has 0 aliphatic heterocycles. The van der Waals surface area contributed by atoms with E-state index in [0.717, 1.165) is 6.07 Å². The van der Waals surface area contributed by atoms with Gasteiger partial charge in [-0.1, -0.05) is 48.5 Å². The van der Waals surface area contributed by atoms with Crippen molar-refractivity contribution in [2.24, 2.45) is 0 Å². The molecular formula is C35H31F3N2O5. The lowest BCUT2D eigenvalue weighted by Gasteiger charge is -2.19. The maximum atomic E-state index is 14.1. The molecule has 0 radical (unpaired) electrons. The highest BCUT2D eigenvalue weighted by Crippen LogP contribution is 2.37. The first-order chi connectivity index (χ1) is 21.3. The number of Topliss-reactive ketones (excluding diaryl/α,β-unsaturated/α-hetero) is 1. The molecular weight excluding hydrogens is 585 g/mol. The Hall–Kier alpha value is -5.25. The fourth-order valence-corrected chi connectivity index (χ4v) is 4.73. The molecule has 4 aromatic carbocycles. The molecule has 0 heterocycles. The zero-order chi connectivity index (χ0) is 32.7. The van der Waals surface area contributed by atoms with Gasteiger partial charge in [0.2, 0.25) is 0 Å². The number of amides is 2. The predicted molar refractivity (Wildman–Crippen MR) is 164 cm³/mol. The van der Waals surface area contributed by atoms with Gasteiger partial charge >= 0.3 is 12.1 Å². The summed E-state index contributed by atoms with van der Waals surface area (Å²) in [4.78, 5) is 51.7. The second-order valence-electron chi connectivity index (χ2n) is 10.5. The number of hydrogen-bond donors (Lipinski definition) is 1. The molecule has 0 aliphatic rings. The molecule has 0 aliphatic carbocycles. The summed E-state index contributed by atoms with van der Waals surface area (Å²) in [5, 5.41) is 2.54. The highest BCUT2D eigenvalue weighted by Gasteiger charge is 2.37. The maximum Gasteiger partial charge on any atom is 0.417 e. The highest BCUT2D eigenvalue weighted by molar-refractivity contribution is 6.12. The van der Waals surface area contributed by atoms with Gasteiger partial charge in [-0.05, 0) is 78.9 Å². The molecule has 10 heteroatoms. The Labute approximate surface area is 258 Å². The summed E-state index contributed by atoms with van der Waals surface area (Å²) in [6.07, 6.45) is -3.97. The number of ketones is 1. The number of hydrogen-bond acceptors (Lipinski definition) is 5. The van der Waals surface area contributed by atoms with Gasteiger partial charge in [-0.25, -0.2) is 0 Å². The second-order valence-corrected chi connectivity index (χ2v) is 10.5. The molecule has 7 nitrogen and oxygen atoms in total. The van der Waals surface area contributed by atoms with Crippen LogP contribution in [0.2, 0.25) is 0 Å². The number of rotatable bonds is 10. The second kappa shape index (κ2) is 14.0. The lowest BCUT2D eigenvalue weighted by Crippen LogP contribution is -2.25. The lowest BCUT2D eigenvalue weighted by molar-refractivity contribution is -0.138. The summed E-state index contributed by atoms with van der Waals surface area (Å²) < 4.78 is 47.5. The first kappa shape index (κ1) is 32.7. The van der Waals surface area contributed by atoms with Crippen molar-refractivity contribution in [1.82, 2.24) is 4.90 Å². The fraction of sp³-hybridized carbons (Fsp3) is 0.200. The lowest BCUT2D eigenvalue weighted by atomic mass is 9.94. The van der Waals surface area contributed by atoms with Gasteiger partial charge in [-0.15, -0.1) is 0 Å². The van der Waals surface area contributed by atoms with Crippen LogP contribution < -0.4 is 10.1 Å². The third-order valence-corrected chi connectivity index (χ3v) is 6.99. The fourth-order valence-electron chi connectivity index (χ4n) is 4.73. The number of nitrogens with zero attached hydrogens (tertiary/aromatic N) is 1. The number of alkyl halides is 3. The Morgan fingerprint density at radius 2 is 1.53 bits per heavy atom. The zero-order valence-electron chi connectivity index (χ0n) is 24.9. The molecule has 0 saturated carbocycles. The summed E-state index contributed by atoms with van der Waals surface area (Å²) >= 11 is 0. The van der Waals surface area contributed by atoms with Crippen molar-refractivity contribution in [3.05, 3.63) is 119 Å². The Morgan fingerprint density at radius 1 is 0.844 bits per heavy atom. The van der Waals surface area contributed by atoms with Gasteiger partial charge in [-0.3, -0.25) is 19.2 Å². The van der Waals surface area contributed by atoms with Crippen LogP contribution in [0.25, 0.3) is 11.1 Å². The molecule has 4 rings (SSSR count). The van der Waals surface area contributed by atoms with Gasteiger partial charge in [-0.2, -0.15) is 13.2 Å². The van der Waals surface area contributed by atoms with Gasteiger partial charge in [0, 0.05) is 26.1 Å². The van der Waals surface area contributed by atoms with Crippen molar-refractivity contribution in [2.75, 3.05) is 19.4 Å². The largest absolute Gasteiger partial charge is 0.427 e. The van der Waals surface area contributed by atoms with Crippen molar-refractivity contribution >= 4 is 29.3 Å². The first-order valence-electron chi connectivity index (χ1n) is 14.1. The minimum atomic E-state index is -4.80. The molecule has 232 valence electrons. The van der Waals surface area contributed by atoms with Crippen LogP contribution in [0.15, 0.2) is 91.0 Å². The molecule has 0 fully saturated rings. The topological polar surface area (TPSA) is 92.8 Å². The molecule has 1 N–H and O–H groups in total. The number of benzene rings is 4. The predicted octanol–water partition coefficient (Wildman–Crippen LogP) is 7.46. The van der Waals surface area contributed by atoms with Crippen LogP contribution in [0.3, 0.4) is 0 Å². The third-order valence-electron chi connectivity index (χ3n) is 6.99. The quantitative estimate of drug-likeness (QED) is 0.113. The van der Waals surface area contributed by atoms with Gasteiger partial charge in [0.05, 0.1) is 22.4 Å². The monoisotopic (exact) mass is 616 g/mol. The smallest absolute Gasteiger partial charge is 0.417 e. The zero-order valence-corrected chi connectivity index (χ0v) is 24.9. The Balaban J connectivity index is 1.54. The molecule has 0 unspecified atom stereocenters. The SMILES string of the molecule is CC(=O)c1ccc(OC(=O)CCCc2ccc(NC(=O)c3c(-c4ccccc4)cccc3C(F)(F)F)c(C(=O)N(C)C)c2)cc1.